The standard InChI is InChI=1S/C11H18N2O4S/c1-3-11(17-13-15)9(2)5-4-6-10(8-18)7-16-12-14/h3-4,6,9-11,18H,1,5,7-8H2,2H3. The Morgan fingerprint density at radius 2 is 2.11 bits per heavy atom. The lowest BCUT2D eigenvalue weighted by molar-refractivity contribution is 0.0528. The third kappa shape index (κ3) is 7.05. The van der Waals surface area contributed by atoms with Gasteiger partial charge in [-0.25, -0.2) is 0 Å². The van der Waals surface area contributed by atoms with Crippen molar-refractivity contribution in [3.8, 4) is 0 Å². The second kappa shape index (κ2) is 10.8. The Kier molecular flexibility index (Phi) is 9.94. The summed E-state index contributed by atoms with van der Waals surface area (Å²) in [5, 5.41) is 4.74. The first-order valence-corrected chi connectivity index (χ1v) is 6.16. The summed E-state index contributed by atoms with van der Waals surface area (Å²) >= 11 is 4.13. The van der Waals surface area contributed by atoms with Gasteiger partial charge in [0.1, 0.15) is 6.61 Å². The maximum absolute atomic E-state index is 10.0. The average molecular weight is 274 g/mol. The summed E-state index contributed by atoms with van der Waals surface area (Å²) in [6.07, 6.45) is 5.63. The predicted octanol–water partition coefficient (Wildman–Crippen LogP) is 3.07. The molecule has 0 rings (SSSR count). The quantitative estimate of drug-likeness (QED) is 0.272. The lowest BCUT2D eigenvalue weighted by Crippen LogP contribution is -2.16. The van der Waals surface area contributed by atoms with Crippen molar-refractivity contribution in [2.24, 2.45) is 22.5 Å². The maximum Gasteiger partial charge on any atom is 0.155 e. The molecule has 0 bridgehead atoms. The minimum atomic E-state index is -0.408. The van der Waals surface area contributed by atoms with Crippen LogP contribution in [-0.4, -0.2) is 18.5 Å². The highest BCUT2D eigenvalue weighted by Crippen LogP contribution is 2.15. The SMILES string of the molecule is C=CC(ON=O)C(C)CC=CC(CS)CON=O. The van der Waals surface area contributed by atoms with Gasteiger partial charge in [-0.2, -0.15) is 12.6 Å². The van der Waals surface area contributed by atoms with Crippen LogP contribution >= 0.6 is 12.6 Å². The topological polar surface area (TPSA) is 77.3 Å². The van der Waals surface area contributed by atoms with E-state index in [0.717, 1.165) is 0 Å². The molecular formula is C11H18N2O4S. The fourth-order valence-electron chi connectivity index (χ4n) is 1.34. The van der Waals surface area contributed by atoms with E-state index >= 15 is 0 Å². The number of hydrogen-bond acceptors (Lipinski definition) is 7. The molecule has 0 N–H and O–H groups in total. The molecule has 18 heavy (non-hydrogen) atoms. The van der Waals surface area contributed by atoms with E-state index in [1.807, 2.05) is 19.1 Å². The molecule has 0 aromatic carbocycles. The summed E-state index contributed by atoms with van der Waals surface area (Å²) in [7, 11) is 0. The molecule has 0 aliphatic heterocycles. The van der Waals surface area contributed by atoms with Crippen molar-refractivity contribution >= 4 is 12.6 Å². The normalized spacial score (nSPS) is 15.7. The van der Waals surface area contributed by atoms with Crippen LogP contribution in [-0.2, 0) is 9.68 Å². The number of rotatable bonds is 11. The van der Waals surface area contributed by atoms with E-state index in [1.54, 1.807) is 0 Å². The van der Waals surface area contributed by atoms with Gasteiger partial charge in [0.25, 0.3) is 0 Å². The van der Waals surface area contributed by atoms with E-state index < -0.39 is 6.10 Å². The number of nitrogens with zero attached hydrogens (tertiary/aromatic N) is 2. The van der Waals surface area contributed by atoms with Crippen LogP contribution in [0.5, 0.6) is 0 Å². The molecule has 0 saturated carbocycles. The fourth-order valence-corrected chi connectivity index (χ4v) is 1.57. The molecule has 0 aliphatic rings. The largest absolute Gasteiger partial charge is 0.363 e. The van der Waals surface area contributed by atoms with Crippen molar-refractivity contribution < 1.29 is 9.68 Å². The van der Waals surface area contributed by atoms with Crippen molar-refractivity contribution in [3.05, 3.63) is 34.6 Å². The fraction of sp³-hybridized carbons (Fsp3) is 0.636. The predicted molar refractivity (Wildman–Crippen MR) is 72.9 cm³/mol. The third-order valence-corrected chi connectivity index (χ3v) is 2.92. The Morgan fingerprint density at radius 3 is 2.61 bits per heavy atom. The smallest absolute Gasteiger partial charge is 0.155 e. The molecule has 0 aromatic heterocycles. The van der Waals surface area contributed by atoms with Crippen LogP contribution in [0.1, 0.15) is 13.3 Å². The van der Waals surface area contributed by atoms with Gasteiger partial charge in [0.05, 0.1) is 0 Å². The monoisotopic (exact) mass is 274 g/mol. The molecule has 0 fully saturated rings. The van der Waals surface area contributed by atoms with E-state index in [2.05, 4.69) is 39.6 Å². The summed E-state index contributed by atoms with van der Waals surface area (Å²) in [4.78, 5) is 28.9. The zero-order chi connectivity index (χ0) is 13.8. The lowest BCUT2D eigenvalue weighted by atomic mass is 10.00. The minimum absolute atomic E-state index is 0.0190. The zero-order valence-corrected chi connectivity index (χ0v) is 11.2. The van der Waals surface area contributed by atoms with Crippen molar-refractivity contribution in [1.29, 1.82) is 0 Å². The lowest BCUT2D eigenvalue weighted by Gasteiger charge is -2.15. The first-order chi connectivity index (χ1) is 8.69. The van der Waals surface area contributed by atoms with Crippen LogP contribution < -0.4 is 0 Å². The molecule has 0 radical (unpaired) electrons. The van der Waals surface area contributed by atoms with Crippen LogP contribution in [0.3, 0.4) is 0 Å². The van der Waals surface area contributed by atoms with Crippen LogP contribution in [0.15, 0.2) is 35.5 Å². The molecule has 3 unspecified atom stereocenters. The summed E-state index contributed by atoms with van der Waals surface area (Å²) in [5.41, 5.74) is 0. The maximum atomic E-state index is 10.0. The molecule has 6 nitrogen and oxygen atoms in total. The first-order valence-electron chi connectivity index (χ1n) is 5.52. The van der Waals surface area contributed by atoms with Crippen molar-refractivity contribution in [1.82, 2.24) is 0 Å². The molecule has 0 heterocycles. The third-order valence-electron chi connectivity index (χ3n) is 2.45. The van der Waals surface area contributed by atoms with Crippen LogP contribution in [0.25, 0.3) is 0 Å². The molecule has 102 valence electrons. The Labute approximate surface area is 112 Å². The van der Waals surface area contributed by atoms with Crippen molar-refractivity contribution in [2.45, 2.75) is 19.4 Å². The molecule has 0 aliphatic carbocycles. The van der Waals surface area contributed by atoms with Gasteiger partial charge < -0.3 is 9.68 Å². The van der Waals surface area contributed by atoms with E-state index in [1.165, 1.54) is 6.08 Å². The Morgan fingerprint density at radius 1 is 1.39 bits per heavy atom. The molecule has 3 atom stereocenters. The summed E-state index contributed by atoms with van der Waals surface area (Å²) < 4.78 is 0. The van der Waals surface area contributed by atoms with Crippen LogP contribution in [0.4, 0.5) is 0 Å². The first kappa shape index (κ1) is 16.6. The Balaban J connectivity index is 4.13. The highest BCUT2D eigenvalue weighted by Gasteiger charge is 2.14. The van der Waals surface area contributed by atoms with Gasteiger partial charge in [-0.3, -0.25) is 0 Å². The summed E-state index contributed by atoms with van der Waals surface area (Å²) in [6, 6.07) is 0. The van der Waals surface area contributed by atoms with E-state index in [4.69, 9.17) is 0 Å². The van der Waals surface area contributed by atoms with Gasteiger partial charge in [0, 0.05) is 11.8 Å². The van der Waals surface area contributed by atoms with E-state index in [9.17, 15) is 9.81 Å². The second-order valence-corrected chi connectivity index (χ2v) is 4.20. The molecule has 0 spiro atoms. The van der Waals surface area contributed by atoms with Gasteiger partial charge >= 0.3 is 0 Å². The van der Waals surface area contributed by atoms with Gasteiger partial charge in [-0.05, 0) is 18.2 Å². The number of allylic oxidation sites excluding steroid dienone is 1. The van der Waals surface area contributed by atoms with Gasteiger partial charge in [-0.1, -0.05) is 25.7 Å². The van der Waals surface area contributed by atoms with Crippen LogP contribution in [0.2, 0.25) is 0 Å². The van der Waals surface area contributed by atoms with Crippen LogP contribution in [0, 0.1) is 21.6 Å². The Bertz CT molecular complexity index is 286. The molecule has 0 aromatic rings. The van der Waals surface area contributed by atoms with E-state index in [-0.39, 0.29) is 18.4 Å². The molecule has 7 heteroatoms. The van der Waals surface area contributed by atoms with Gasteiger partial charge in [0.2, 0.25) is 0 Å². The summed E-state index contributed by atoms with van der Waals surface area (Å²) in [5.74, 6) is 0.644. The van der Waals surface area contributed by atoms with Crippen molar-refractivity contribution in [3.63, 3.8) is 0 Å². The number of thiol groups is 1. The minimum Gasteiger partial charge on any atom is -0.363 e. The second-order valence-electron chi connectivity index (χ2n) is 3.83. The molecule has 0 saturated heterocycles. The molecular weight excluding hydrogens is 256 g/mol. The summed E-state index contributed by atoms with van der Waals surface area (Å²) in [6.45, 7) is 5.69. The number of hydrogen-bond donors (Lipinski definition) is 1. The average Bonchev–Trinajstić information content (AvgIpc) is 2.39. The highest BCUT2D eigenvalue weighted by atomic mass is 32.1. The highest BCUT2D eigenvalue weighted by molar-refractivity contribution is 7.80. The van der Waals surface area contributed by atoms with Gasteiger partial charge in [0.15, 0.2) is 16.8 Å². The van der Waals surface area contributed by atoms with Gasteiger partial charge in [-0.15, -0.1) is 9.81 Å². The van der Waals surface area contributed by atoms with Crippen molar-refractivity contribution in [2.75, 3.05) is 12.4 Å². The zero-order valence-electron chi connectivity index (χ0n) is 10.3. The van der Waals surface area contributed by atoms with E-state index in [0.29, 0.717) is 12.2 Å². The Hall–Kier alpha value is -1.37. The molecule has 0 amide bonds.